The van der Waals surface area contributed by atoms with Crippen LogP contribution in [0.5, 0.6) is 0 Å². The maximum atomic E-state index is 10.9. The minimum Gasteiger partial charge on any atom is -0.453 e. The lowest BCUT2D eigenvalue weighted by atomic mass is 10.4. The van der Waals surface area contributed by atoms with E-state index in [1.807, 2.05) is 0 Å². The van der Waals surface area contributed by atoms with E-state index in [4.69, 9.17) is 0 Å². The van der Waals surface area contributed by atoms with Crippen LogP contribution in [0.2, 0.25) is 0 Å². The molecular formula is C9H11N5O2S. The number of nitrogens with zero attached hydrogens (tertiary/aromatic N) is 4. The van der Waals surface area contributed by atoms with Gasteiger partial charge >= 0.3 is 6.09 Å². The molecule has 0 atom stereocenters. The fraction of sp³-hybridized carbons (Fsp3) is 0.556. The molecule has 1 aliphatic rings. The molecule has 0 unspecified atom stereocenters. The molecule has 17 heavy (non-hydrogen) atoms. The van der Waals surface area contributed by atoms with Crippen molar-refractivity contribution >= 4 is 22.4 Å². The standard InChI is InChI=1S/C9H11N5O2S/c1-16-9(15)10-4-6-13-14-7(5-2-3-5)11-12-8(14)17-6/h5H,2-4H2,1H3,(H,10,15). The fourth-order valence-corrected chi connectivity index (χ4v) is 2.34. The summed E-state index contributed by atoms with van der Waals surface area (Å²) in [6.45, 7) is 0.352. The number of rotatable bonds is 3. The summed E-state index contributed by atoms with van der Waals surface area (Å²) in [5.74, 6) is 1.44. The quantitative estimate of drug-likeness (QED) is 0.879. The van der Waals surface area contributed by atoms with Crippen LogP contribution in [0.4, 0.5) is 4.79 Å². The van der Waals surface area contributed by atoms with Crippen molar-refractivity contribution in [1.82, 2.24) is 25.1 Å². The predicted octanol–water partition coefficient (Wildman–Crippen LogP) is 0.919. The van der Waals surface area contributed by atoms with Crippen molar-refractivity contribution in [3.8, 4) is 0 Å². The molecule has 2 aromatic heterocycles. The van der Waals surface area contributed by atoms with E-state index in [-0.39, 0.29) is 0 Å². The van der Waals surface area contributed by atoms with Crippen molar-refractivity contribution in [2.45, 2.75) is 25.3 Å². The fourth-order valence-electron chi connectivity index (χ4n) is 1.56. The Kier molecular flexibility index (Phi) is 2.43. The molecule has 0 radical (unpaired) electrons. The lowest BCUT2D eigenvalue weighted by Gasteiger charge is -1.98. The van der Waals surface area contributed by atoms with Gasteiger partial charge in [-0.05, 0) is 12.8 Å². The van der Waals surface area contributed by atoms with Gasteiger partial charge in [0.2, 0.25) is 4.96 Å². The van der Waals surface area contributed by atoms with E-state index < -0.39 is 6.09 Å². The summed E-state index contributed by atoms with van der Waals surface area (Å²) in [4.78, 5) is 11.7. The van der Waals surface area contributed by atoms with Gasteiger partial charge in [-0.2, -0.15) is 9.61 Å². The van der Waals surface area contributed by atoms with E-state index in [9.17, 15) is 4.79 Å². The monoisotopic (exact) mass is 253 g/mol. The average molecular weight is 253 g/mol. The normalized spacial score (nSPS) is 15.1. The number of nitrogens with one attached hydrogen (secondary N) is 1. The van der Waals surface area contributed by atoms with Crippen LogP contribution in [-0.2, 0) is 11.3 Å². The Morgan fingerprint density at radius 1 is 1.59 bits per heavy atom. The van der Waals surface area contributed by atoms with Gasteiger partial charge in [0.1, 0.15) is 5.01 Å². The maximum absolute atomic E-state index is 10.9. The van der Waals surface area contributed by atoms with Gasteiger partial charge in [-0.1, -0.05) is 11.3 Å². The Morgan fingerprint density at radius 3 is 3.12 bits per heavy atom. The van der Waals surface area contributed by atoms with Gasteiger partial charge < -0.3 is 10.1 Å². The highest BCUT2D eigenvalue weighted by Gasteiger charge is 2.29. The molecule has 1 N–H and O–H groups in total. The highest BCUT2D eigenvalue weighted by molar-refractivity contribution is 7.16. The zero-order chi connectivity index (χ0) is 11.8. The molecule has 3 rings (SSSR count). The SMILES string of the molecule is COC(=O)NCc1nn2c(C3CC3)nnc2s1. The van der Waals surface area contributed by atoms with Crippen LogP contribution < -0.4 is 5.32 Å². The first-order valence-electron chi connectivity index (χ1n) is 5.31. The Labute approximate surface area is 101 Å². The van der Waals surface area contributed by atoms with E-state index in [1.54, 1.807) is 4.52 Å². The molecule has 8 heteroatoms. The number of aromatic nitrogens is 4. The summed E-state index contributed by atoms with van der Waals surface area (Å²) in [5, 5.41) is 16.0. The zero-order valence-corrected chi connectivity index (χ0v) is 10.0. The topological polar surface area (TPSA) is 81.4 Å². The molecule has 1 saturated carbocycles. The number of carbonyl (C=O) groups excluding carboxylic acids is 1. The number of alkyl carbamates (subject to hydrolysis) is 1. The molecule has 0 aromatic carbocycles. The number of ether oxygens (including phenoxy) is 1. The number of hydrogen-bond acceptors (Lipinski definition) is 6. The Hall–Kier alpha value is -1.70. The maximum Gasteiger partial charge on any atom is 0.407 e. The van der Waals surface area contributed by atoms with Gasteiger partial charge in [-0.3, -0.25) is 0 Å². The van der Waals surface area contributed by atoms with Crippen molar-refractivity contribution < 1.29 is 9.53 Å². The van der Waals surface area contributed by atoms with Crippen LogP contribution in [-0.4, -0.2) is 33.0 Å². The number of fused-ring (bicyclic) bond motifs is 1. The number of amides is 1. The van der Waals surface area contributed by atoms with Crippen molar-refractivity contribution in [3.63, 3.8) is 0 Å². The lowest BCUT2D eigenvalue weighted by Crippen LogP contribution is -2.22. The van der Waals surface area contributed by atoms with Crippen LogP contribution in [0, 0.1) is 0 Å². The van der Waals surface area contributed by atoms with E-state index in [0.717, 1.165) is 28.6 Å². The molecule has 2 heterocycles. The molecule has 1 amide bonds. The molecule has 0 spiro atoms. The molecule has 7 nitrogen and oxygen atoms in total. The highest BCUT2D eigenvalue weighted by atomic mass is 32.1. The second kappa shape index (κ2) is 3.95. The minimum absolute atomic E-state index is 0.352. The van der Waals surface area contributed by atoms with Crippen LogP contribution in [0.25, 0.3) is 4.96 Å². The highest BCUT2D eigenvalue weighted by Crippen LogP contribution is 2.39. The number of hydrogen-bond donors (Lipinski definition) is 1. The third-order valence-corrected chi connectivity index (χ3v) is 3.47. The molecule has 1 aliphatic carbocycles. The van der Waals surface area contributed by atoms with Gasteiger partial charge in [-0.25, -0.2) is 4.79 Å². The number of methoxy groups -OCH3 is 1. The smallest absolute Gasteiger partial charge is 0.407 e. The molecule has 2 aromatic rings. The molecule has 1 fully saturated rings. The van der Waals surface area contributed by atoms with E-state index in [1.165, 1.54) is 18.4 Å². The van der Waals surface area contributed by atoms with Gasteiger partial charge in [-0.15, -0.1) is 10.2 Å². The summed E-state index contributed by atoms with van der Waals surface area (Å²) < 4.78 is 6.27. The molecule has 0 bridgehead atoms. The second-order valence-electron chi connectivity index (χ2n) is 3.87. The zero-order valence-electron chi connectivity index (χ0n) is 9.21. The minimum atomic E-state index is -0.460. The molecule has 90 valence electrons. The largest absolute Gasteiger partial charge is 0.453 e. The summed E-state index contributed by atoms with van der Waals surface area (Å²) >= 11 is 1.42. The first kappa shape index (κ1) is 10.5. The van der Waals surface area contributed by atoms with Gasteiger partial charge in [0.05, 0.1) is 13.7 Å². The van der Waals surface area contributed by atoms with Crippen LogP contribution in [0.1, 0.15) is 29.6 Å². The first-order chi connectivity index (χ1) is 8.28. The third kappa shape index (κ3) is 1.95. The van der Waals surface area contributed by atoms with Crippen molar-refractivity contribution in [2.24, 2.45) is 0 Å². The van der Waals surface area contributed by atoms with Gasteiger partial charge in [0.15, 0.2) is 5.82 Å². The summed E-state index contributed by atoms with van der Waals surface area (Å²) in [6.07, 6.45) is 1.86. The first-order valence-corrected chi connectivity index (χ1v) is 6.12. The van der Waals surface area contributed by atoms with Gasteiger partial charge in [0, 0.05) is 5.92 Å². The Balaban J connectivity index is 1.79. The summed E-state index contributed by atoms with van der Waals surface area (Å²) in [5.41, 5.74) is 0. The Morgan fingerprint density at radius 2 is 2.41 bits per heavy atom. The molecular weight excluding hydrogens is 242 g/mol. The van der Waals surface area contributed by atoms with Crippen LogP contribution in [0.15, 0.2) is 0 Å². The lowest BCUT2D eigenvalue weighted by molar-refractivity contribution is 0.170. The van der Waals surface area contributed by atoms with E-state index in [0.29, 0.717) is 12.5 Å². The predicted molar refractivity (Wildman–Crippen MR) is 59.9 cm³/mol. The molecule has 0 saturated heterocycles. The second-order valence-corrected chi connectivity index (χ2v) is 4.91. The summed E-state index contributed by atoms with van der Waals surface area (Å²) in [6, 6.07) is 0. The Bertz CT molecular complexity index is 559. The van der Waals surface area contributed by atoms with Crippen molar-refractivity contribution in [1.29, 1.82) is 0 Å². The van der Waals surface area contributed by atoms with Crippen LogP contribution in [0.3, 0.4) is 0 Å². The third-order valence-electron chi connectivity index (χ3n) is 2.57. The summed E-state index contributed by atoms with van der Waals surface area (Å²) in [7, 11) is 1.33. The molecule has 0 aliphatic heterocycles. The van der Waals surface area contributed by atoms with E-state index in [2.05, 4.69) is 25.3 Å². The van der Waals surface area contributed by atoms with E-state index >= 15 is 0 Å². The number of carbonyl (C=O) groups is 1. The van der Waals surface area contributed by atoms with Gasteiger partial charge in [0.25, 0.3) is 0 Å². The van der Waals surface area contributed by atoms with Crippen LogP contribution >= 0.6 is 11.3 Å². The van der Waals surface area contributed by atoms with Crippen molar-refractivity contribution in [2.75, 3.05) is 7.11 Å². The van der Waals surface area contributed by atoms with Crippen molar-refractivity contribution in [3.05, 3.63) is 10.8 Å². The average Bonchev–Trinajstić information content (AvgIpc) is 2.97.